The Morgan fingerprint density at radius 2 is 1.56 bits per heavy atom. The van der Waals surface area contributed by atoms with Gasteiger partial charge in [-0.3, -0.25) is 0 Å². The molecule has 92 valence electrons. The minimum Gasteiger partial charge on any atom is -0.501 e. The largest absolute Gasteiger partial charge is 0.501 e. The molecule has 0 atom stereocenters. The summed E-state index contributed by atoms with van der Waals surface area (Å²) < 4.78 is 5.59. The quantitative estimate of drug-likeness (QED) is 0.557. The van der Waals surface area contributed by atoms with E-state index >= 15 is 0 Å². The molecule has 0 radical (unpaired) electrons. The molecule has 0 unspecified atom stereocenters. The summed E-state index contributed by atoms with van der Waals surface area (Å²) in [5, 5.41) is 0. The van der Waals surface area contributed by atoms with Crippen LogP contribution in [0.15, 0.2) is 66.9 Å². The highest BCUT2D eigenvalue weighted by Crippen LogP contribution is 2.12. The van der Waals surface area contributed by atoms with Crippen LogP contribution in [-0.4, -0.2) is 6.61 Å². The van der Waals surface area contributed by atoms with Gasteiger partial charge in [0.25, 0.3) is 0 Å². The molecule has 0 N–H and O–H groups in total. The normalized spacial score (nSPS) is 11.3. The van der Waals surface area contributed by atoms with E-state index in [2.05, 4.69) is 43.3 Å². The van der Waals surface area contributed by atoms with E-state index < -0.39 is 0 Å². The van der Waals surface area contributed by atoms with Gasteiger partial charge in [0, 0.05) is 6.42 Å². The first-order chi connectivity index (χ1) is 8.86. The first kappa shape index (κ1) is 12.4. The van der Waals surface area contributed by atoms with E-state index in [1.807, 2.05) is 30.5 Å². The van der Waals surface area contributed by atoms with Crippen molar-refractivity contribution in [1.82, 2.24) is 0 Å². The highest BCUT2D eigenvalue weighted by molar-refractivity contribution is 5.62. The van der Waals surface area contributed by atoms with Crippen molar-refractivity contribution < 1.29 is 4.74 Å². The van der Waals surface area contributed by atoms with Crippen LogP contribution in [0, 0.1) is 0 Å². The van der Waals surface area contributed by atoms with Gasteiger partial charge in [0.1, 0.15) is 0 Å². The maximum absolute atomic E-state index is 5.59. The van der Waals surface area contributed by atoms with Crippen molar-refractivity contribution in [3.8, 4) is 0 Å². The molecule has 0 aliphatic heterocycles. The highest BCUT2D eigenvalue weighted by Gasteiger charge is 1.94. The van der Waals surface area contributed by atoms with Gasteiger partial charge in [-0.1, -0.05) is 60.7 Å². The molecular weight excluding hydrogens is 220 g/mol. The summed E-state index contributed by atoms with van der Waals surface area (Å²) in [6.07, 6.45) is 2.79. The fourth-order valence-corrected chi connectivity index (χ4v) is 1.77. The lowest BCUT2D eigenvalue weighted by molar-refractivity contribution is 0.255. The maximum Gasteiger partial charge on any atom is 0.0913 e. The number of rotatable bonds is 5. The molecule has 0 aliphatic carbocycles. The lowest BCUT2D eigenvalue weighted by atomic mass is 10.1. The Morgan fingerprint density at radius 1 is 0.944 bits per heavy atom. The number of benzene rings is 2. The molecule has 0 aromatic heterocycles. The summed E-state index contributed by atoms with van der Waals surface area (Å²) in [5.74, 6) is 0. The van der Waals surface area contributed by atoms with Crippen LogP contribution in [-0.2, 0) is 11.2 Å². The number of hydrogen-bond acceptors (Lipinski definition) is 1. The highest BCUT2D eigenvalue weighted by atomic mass is 16.5. The van der Waals surface area contributed by atoms with E-state index in [4.69, 9.17) is 4.74 Å². The molecule has 0 fully saturated rings. The van der Waals surface area contributed by atoms with E-state index in [9.17, 15) is 0 Å². The molecule has 0 bridgehead atoms. The van der Waals surface area contributed by atoms with Crippen LogP contribution in [0.5, 0.6) is 0 Å². The van der Waals surface area contributed by atoms with Crippen LogP contribution in [0.4, 0.5) is 0 Å². The zero-order chi connectivity index (χ0) is 12.6. The molecule has 0 heterocycles. The summed E-state index contributed by atoms with van der Waals surface area (Å²) in [7, 11) is 0. The van der Waals surface area contributed by atoms with Gasteiger partial charge in [0.2, 0.25) is 0 Å². The van der Waals surface area contributed by atoms with Gasteiger partial charge in [0.15, 0.2) is 0 Å². The van der Waals surface area contributed by atoms with Crippen molar-refractivity contribution in [2.75, 3.05) is 6.61 Å². The molecule has 0 aliphatic rings. The molecule has 0 spiro atoms. The Kier molecular flexibility index (Phi) is 4.60. The van der Waals surface area contributed by atoms with Crippen LogP contribution in [0.25, 0.3) is 5.57 Å². The predicted molar refractivity (Wildman–Crippen MR) is 76.2 cm³/mol. The molecular formula is C17H18O. The summed E-state index contributed by atoms with van der Waals surface area (Å²) in [5.41, 5.74) is 3.67. The van der Waals surface area contributed by atoms with Gasteiger partial charge in [-0.05, 0) is 23.6 Å². The minimum atomic E-state index is 0.716. The Hall–Kier alpha value is -2.02. The molecule has 0 saturated carbocycles. The number of ether oxygens (including phenoxy) is 1. The van der Waals surface area contributed by atoms with E-state index in [0.29, 0.717) is 6.61 Å². The van der Waals surface area contributed by atoms with Crippen molar-refractivity contribution in [3.63, 3.8) is 0 Å². The van der Waals surface area contributed by atoms with Crippen molar-refractivity contribution in [3.05, 3.63) is 78.1 Å². The monoisotopic (exact) mass is 238 g/mol. The zero-order valence-corrected chi connectivity index (χ0v) is 10.7. The standard InChI is InChI=1S/C17H18O/c1-15(17-10-6-3-7-11-17)14-18-13-12-16-8-4-2-5-9-16/h2-11,14H,12-13H2,1H3. The van der Waals surface area contributed by atoms with E-state index in [1.54, 1.807) is 0 Å². The third-order valence-corrected chi connectivity index (χ3v) is 2.84. The number of hydrogen-bond donors (Lipinski definition) is 0. The van der Waals surface area contributed by atoms with Crippen LogP contribution in [0.1, 0.15) is 18.1 Å². The summed E-state index contributed by atoms with van der Waals surface area (Å²) in [4.78, 5) is 0. The SMILES string of the molecule is CC(=COCCc1ccccc1)c1ccccc1. The van der Waals surface area contributed by atoms with Crippen molar-refractivity contribution in [2.45, 2.75) is 13.3 Å². The average Bonchev–Trinajstić information content (AvgIpc) is 2.45. The zero-order valence-electron chi connectivity index (χ0n) is 10.7. The molecule has 0 saturated heterocycles. The van der Waals surface area contributed by atoms with Gasteiger partial charge in [-0.15, -0.1) is 0 Å². The van der Waals surface area contributed by atoms with Crippen molar-refractivity contribution >= 4 is 5.57 Å². The molecule has 2 aromatic carbocycles. The first-order valence-corrected chi connectivity index (χ1v) is 6.24. The summed E-state index contributed by atoms with van der Waals surface area (Å²) in [6, 6.07) is 20.7. The second-order valence-corrected chi connectivity index (χ2v) is 4.27. The predicted octanol–water partition coefficient (Wildman–Crippen LogP) is 4.31. The summed E-state index contributed by atoms with van der Waals surface area (Å²) >= 11 is 0. The molecule has 2 aromatic rings. The Bertz CT molecular complexity index is 486. The van der Waals surface area contributed by atoms with E-state index in [0.717, 1.165) is 12.0 Å². The number of allylic oxidation sites excluding steroid dienone is 1. The fourth-order valence-electron chi connectivity index (χ4n) is 1.77. The third kappa shape index (κ3) is 3.77. The first-order valence-electron chi connectivity index (χ1n) is 6.24. The second-order valence-electron chi connectivity index (χ2n) is 4.27. The lowest BCUT2D eigenvalue weighted by Crippen LogP contribution is -1.94. The van der Waals surface area contributed by atoms with Crippen LogP contribution >= 0.6 is 0 Å². The molecule has 18 heavy (non-hydrogen) atoms. The molecule has 0 amide bonds. The Balaban J connectivity index is 1.81. The van der Waals surface area contributed by atoms with Crippen LogP contribution in [0.2, 0.25) is 0 Å². The summed E-state index contributed by atoms with van der Waals surface area (Å²) in [6.45, 7) is 2.78. The van der Waals surface area contributed by atoms with Gasteiger partial charge in [0.05, 0.1) is 12.9 Å². The van der Waals surface area contributed by atoms with E-state index in [-0.39, 0.29) is 0 Å². The van der Waals surface area contributed by atoms with E-state index in [1.165, 1.54) is 11.1 Å². The molecule has 2 rings (SSSR count). The topological polar surface area (TPSA) is 9.23 Å². The van der Waals surface area contributed by atoms with Crippen molar-refractivity contribution in [1.29, 1.82) is 0 Å². The second kappa shape index (κ2) is 6.65. The Labute approximate surface area is 109 Å². The third-order valence-electron chi connectivity index (χ3n) is 2.84. The van der Waals surface area contributed by atoms with Gasteiger partial charge >= 0.3 is 0 Å². The van der Waals surface area contributed by atoms with Gasteiger partial charge in [-0.25, -0.2) is 0 Å². The average molecular weight is 238 g/mol. The maximum atomic E-state index is 5.59. The molecule has 1 heteroatoms. The van der Waals surface area contributed by atoms with Crippen LogP contribution in [0.3, 0.4) is 0 Å². The Morgan fingerprint density at radius 3 is 2.22 bits per heavy atom. The van der Waals surface area contributed by atoms with Crippen LogP contribution < -0.4 is 0 Å². The van der Waals surface area contributed by atoms with Gasteiger partial charge in [-0.2, -0.15) is 0 Å². The molecule has 1 nitrogen and oxygen atoms in total. The fraction of sp³-hybridized carbons (Fsp3) is 0.176. The van der Waals surface area contributed by atoms with Gasteiger partial charge < -0.3 is 4.74 Å². The smallest absolute Gasteiger partial charge is 0.0913 e. The lowest BCUT2D eigenvalue weighted by Gasteiger charge is -2.04. The van der Waals surface area contributed by atoms with Crippen molar-refractivity contribution in [2.24, 2.45) is 0 Å². The minimum absolute atomic E-state index is 0.716.